The molecule has 1 aliphatic rings. The first-order chi connectivity index (χ1) is 5.88. The van der Waals surface area contributed by atoms with Crippen LogP contribution in [0.1, 0.15) is 19.3 Å². The molecule has 0 radical (unpaired) electrons. The molecule has 1 aliphatic heterocycles. The molecule has 0 spiro atoms. The first kappa shape index (κ1) is 9.96. The van der Waals surface area contributed by atoms with E-state index in [1.165, 1.54) is 19.3 Å². The third-order valence-corrected chi connectivity index (χ3v) is 2.58. The summed E-state index contributed by atoms with van der Waals surface area (Å²) in [4.78, 5) is 2.39. The predicted octanol–water partition coefficient (Wildman–Crippen LogP) is 0.0526. The molecule has 12 heavy (non-hydrogen) atoms. The first-order valence-corrected chi connectivity index (χ1v) is 4.88. The van der Waals surface area contributed by atoms with E-state index in [9.17, 15) is 0 Å². The Morgan fingerprint density at radius 2 is 2.33 bits per heavy atom. The fourth-order valence-corrected chi connectivity index (χ4v) is 1.95. The monoisotopic (exact) mass is 172 g/mol. The molecular formula is C9H20N2O. The first-order valence-electron chi connectivity index (χ1n) is 4.88. The van der Waals surface area contributed by atoms with E-state index < -0.39 is 0 Å². The Kier molecular flexibility index (Phi) is 4.58. The minimum Gasteiger partial charge on any atom is -0.395 e. The standard InChI is InChI=1S/C9H20N2O/c1-10-8-9-4-2-3-5-11(9)6-7-12/h9-10,12H,2-8H2,1H3. The summed E-state index contributed by atoms with van der Waals surface area (Å²) in [5.74, 6) is 0. The highest BCUT2D eigenvalue weighted by atomic mass is 16.3. The van der Waals surface area contributed by atoms with Gasteiger partial charge in [-0.25, -0.2) is 0 Å². The van der Waals surface area contributed by atoms with Crippen molar-refractivity contribution in [2.24, 2.45) is 0 Å². The summed E-state index contributed by atoms with van der Waals surface area (Å²) in [6.45, 7) is 3.35. The molecule has 1 rings (SSSR count). The number of aliphatic hydroxyl groups excluding tert-OH is 1. The van der Waals surface area contributed by atoms with Crippen molar-refractivity contribution >= 4 is 0 Å². The van der Waals surface area contributed by atoms with Crippen molar-refractivity contribution in [3.63, 3.8) is 0 Å². The molecule has 1 fully saturated rings. The molecule has 0 amide bonds. The van der Waals surface area contributed by atoms with Crippen LogP contribution >= 0.6 is 0 Å². The summed E-state index contributed by atoms with van der Waals surface area (Å²) in [7, 11) is 1.99. The van der Waals surface area contributed by atoms with Gasteiger partial charge in [-0.3, -0.25) is 4.90 Å². The Hall–Kier alpha value is -0.120. The van der Waals surface area contributed by atoms with Crippen LogP contribution < -0.4 is 5.32 Å². The number of β-amino-alcohol motifs (C(OH)–C–C–N with tert-alkyl or cyclic N) is 1. The maximum atomic E-state index is 8.84. The average molecular weight is 172 g/mol. The molecule has 0 bridgehead atoms. The topological polar surface area (TPSA) is 35.5 Å². The maximum absolute atomic E-state index is 8.84. The van der Waals surface area contributed by atoms with Gasteiger partial charge in [0.25, 0.3) is 0 Å². The Morgan fingerprint density at radius 1 is 1.50 bits per heavy atom. The van der Waals surface area contributed by atoms with Crippen LogP contribution in [0.3, 0.4) is 0 Å². The Balaban J connectivity index is 2.31. The summed E-state index contributed by atoms with van der Waals surface area (Å²) >= 11 is 0. The van der Waals surface area contributed by atoms with Gasteiger partial charge in [0.15, 0.2) is 0 Å². The minimum atomic E-state index is 0.292. The lowest BCUT2D eigenvalue weighted by Gasteiger charge is -2.35. The van der Waals surface area contributed by atoms with Crippen molar-refractivity contribution in [2.75, 3.05) is 33.3 Å². The van der Waals surface area contributed by atoms with Crippen molar-refractivity contribution in [1.82, 2.24) is 10.2 Å². The van der Waals surface area contributed by atoms with Gasteiger partial charge in [0.1, 0.15) is 0 Å². The largest absolute Gasteiger partial charge is 0.395 e. The van der Waals surface area contributed by atoms with Crippen molar-refractivity contribution in [3.05, 3.63) is 0 Å². The lowest BCUT2D eigenvalue weighted by atomic mass is 10.0. The van der Waals surface area contributed by atoms with Gasteiger partial charge < -0.3 is 10.4 Å². The Labute approximate surface area is 74.8 Å². The average Bonchev–Trinajstić information content (AvgIpc) is 2.09. The summed E-state index contributed by atoms with van der Waals surface area (Å²) in [6.07, 6.45) is 3.91. The van der Waals surface area contributed by atoms with Crippen LogP contribution in [0.15, 0.2) is 0 Å². The molecule has 3 heteroatoms. The SMILES string of the molecule is CNCC1CCCCN1CCO. The van der Waals surface area contributed by atoms with Gasteiger partial charge in [0, 0.05) is 19.1 Å². The summed E-state index contributed by atoms with van der Waals surface area (Å²) < 4.78 is 0. The highest BCUT2D eigenvalue weighted by Crippen LogP contribution is 2.15. The third kappa shape index (κ3) is 2.73. The molecule has 2 N–H and O–H groups in total. The molecule has 1 atom stereocenters. The number of piperidine rings is 1. The Morgan fingerprint density at radius 3 is 3.00 bits per heavy atom. The van der Waals surface area contributed by atoms with Crippen LogP contribution in [0.25, 0.3) is 0 Å². The zero-order valence-corrected chi connectivity index (χ0v) is 7.92. The number of likely N-dealkylation sites (tertiary alicyclic amines) is 1. The van der Waals surface area contributed by atoms with Gasteiger partial charge >= 0.3 is 0 Å². The Bertz CT molecular complexity index is 101. The zero-order valence-electron chi connectivity index (χ0n) is 7.92. The van der Waals surface area contributed by atoms with E-state index in [1.807, 2.05) is 7.05 Å². The second-order valence-electron chi connectivity index (χ2n) is 3.47. The number of aliphatic hydroxyl groups is 1. The minimum absolute atomic E-state index is 0.292. The third-order valence-electron chi connectivity index (χ3n) is 2.58. The number of rotatable bonds is 4. The van der Waals surface area contributed by atoms with Gasteiger partial charge in [0.2, 0.25) is 0 Å². The van der Waals surface area contributed by atoms with Crippen LogP contribution in [0.5, 0.6) is 0 Å². The zero-order chi connectivity index (χ0) is 8.81. The van der Waals surface area contributed by atoms with Crippen LogP contribution in [0.2, 0.25) is 0 Å². The van der Waals surface area contributed by atoms with Crippen LogP contribution in [-0.4, -0.2) is 49.3 Å². The van der Waals surface area contributed by atoms with E-state index in [-0.39, 0.29) is 0 Å². The highest BCUT2D eigenvalue weighted by molar-refractivity contribution is 4.77. The molecule has 0 aromatic rings. The van der Waals surface area contributed by atoms with Crippen molar-refractivity contribution < 1.29 is 5.11 Å². The molecule has 0 aromatic heterocycles. The van der Waals surface area contributed by atoms with E-state index in [0.29, 0.717) is 12.6 Å². The molecule has 1 unspecified atom stereocenters. The quantitative estimate of drug-likeness (QED) is 0.629. The smallest absolute Gasteiger partial charge is 0.0558 e. The maximum Gasteiger partial charge on any atom is 0.0558 e. The van der Waals surface area contributed by atoms with E-state index in [4.69, 9.17) is 5.11 Å². The van der Waals surface area contributed by atoms with Gasteiger partial charge in [-0.2, -0.15) is 0 Å². The van der Waals surface area contributed by atoms with E-state index in [0.717, 1.165) is 19.6 Å². The molecule has 0 aromatic carbocycles. The molecule has 72 valence electrons. The predicted molar refractivity (Wildman–Crippen MR) is 50.2 cm³/mol. The van der Waals surface area contributed by atoms with Crippen molar-refractivity contribution in [1.29, 1.82) is 0 Å². The van der Waals surface area contributed by atoms with E-state index in [1.54, 1.807) is 0 Å². The van der Waals surface area contributed by atoms with Gasteiger partial charge in [-0.15, -0.1) is 0 Å². The molecule has 1 saturated heterocycles. The van der Waals surface area contributed by atoms with Gasteiger partial charge in [-0.05, 0) is 26.4 Å². The number of likely N-dealkylation sites (N-methyl/N-ethyl adjacent to an activating group) is 1. The van der Waals surface area contributed by atoms with Gasteiger partial charge in [-0.1, -0.05) is 6.42 Å². The summed E-state index contributed by atoms with van der Waals surface area (Å²) in [5.41, 5.74) is 0. The number of hydrogen-bond donors (Lipinski definition) is 2. The number of nitrogens with zero attached hydrogens (tertiary/aromatic N) is 1. The fraction of sp³-hybridized carbons (Fsp3) is 1.00. The van der Waals surface area contributed by atoms with Crippen molar-refractivity contribution in [2.45, 2.75) is 25.3 Å². The second kappa shape index (κ2) is 5.51. The second-order valence-corrected chi connectivity index (χ2v) is 3.47. The van der Waals surface area contributed by atoms with Gasteiger partial charge in [0.05, 0.1) is 6.61 Å². The van der Waals surface area contributed by atoms with E-state index in [2.05, 4.69) is 10.2 Å². The summed E-state index contributed by atoms with van der Waals surface area (Å²) in [6, 6.07) is 0.649. The van der Waals surface area contributed by atoms with Crippen LogP contribution in [0, 0.1) is 0 Å². The van der Waals surface area contributed by atoms with Crippen LogP contribution in [0.4, 0.5) is 0 Å². The lowest BCUT2D eigenvalue weighted by Crippen LogP contribution is -2.45. The molecule has 0 aliphatic carbocycles. The fourth-order valence-electron chi connectivity index (χ4n) is 1.95. The molecule has 3 nitrogen and oxygen atoms in total. The van der Waals surface area contributed by atoms with E-state index >= 15 is 0 Å². The highest BCUT2D eigenvalue weighted by Gasteiger charge is 2.20. The van der Waals surface area contributed by atoms with Crippen molar-refractivity contribution in [3.8, 4) is 0 Å². The molecular weight excluding hydrogens is 152 g/mol. The lowest BCUT2D eigenvalue weighted by molar-refractivity contribution is 0.117. The molecule has 1 heterocycles. The molecule has 0 saturated carbocycles. The summed E-state index contributed by atoms with van der Waals surface area (Å²) in [5, 5.41) is 12.0. The normalized spacial score (nSPS) is 26.0. The number of nitrogens with one attached hydrogen (secondary N) is 1. The van der Waals surface area contributed by atoms with Crippen LogP contribution in [-0.2, 0) is 0 Å². The number of hydrogen-bond acceptors (Lipinski definition) is 3.